The Bertz CT molecular complexity index is 289. The molecule has 2 rings (SSSR count). The van der Waals surface area contributed by atoms with E-state index in [-0.39, 0.29) is 23.7 Å². The van der Waals surface area contributed by atoms with Gasteiger partial charge in [0.25, 0.3) is 0 Å². The first-order valence-corrected chi connectivity index (χ1v) is 6.75. The zero-order valence-corrected chi connectivity index (χ0v) is 12.0. The van der Waals surface area contributed by atoms with Gasteiger partial charge in [-0.25, -0.2) is 0 Å². The zero-order chi connectivity index (χ0) is 12.4. The second kappa shape index (κ2) is 6.22. The molecule has 2 aliphatic carbocycles. The average molecular weight is 277 g/mol. The average Bonchev–Trinajstić information content (AvgIpc) is 3.00. The molecular weight excluding hydrogens is 252 g/mol. The zero-order valence-electron chi connectivity index (χ0n) is 11.2. The van der Waals surface area contributed by atoms with E-state index in [2.05, 4.69) is 5.32 Å². The van der Waals surface area contributed by atoms with Crippen LogP contribution in [0.25, 0.3) is 0 Å². The summed E-state index contributed by atoms with van der Waals surface area (Å²) in [6, 6.07) is 0. The van der Waals surface area contributed by atoms with Crippen molar-refractivity contribution < 1.29 is 9.53 Å². The number of hydrogen-bond acceptors (Lipinski definition) is 3. The Hall–Kier alpha value is -0.320. The second-order valence-electron chi connectivity index (χ2n) is 5.64. The van der Waals surface area contributed by atoms with Gasteiger partial charge in [0.05, 0.1) is 5.54 Å². The molecule has 0 heterocycles. The molecule has 2 fully saturated rings. The third kappa shape index (κ3) is 3.59. The molecule has 0 spiro atoms. The fraction of sp³-hybridized carbons (Fsp3) is 0.923. The number of ether oxygens (including phenoxy) is 1. The number of carbonyl (C=O) groups is 1. The highest BCUT2D eigenvalue weighted by Crippen LogP contribution is 2.43. The highest BCUT2D eigenvalue weighted by molar-refractivity contribution is 5.89. The summed E-state index contributed by atoms with van der Waals surface area (Å²) < 4.78 is 5.41. The summed E-state index contributed by atoms with van der Waals surface area (Å²) in [5.41, 5.74) is 5.61. The van der Waals surface area contributed by atoms with E-state index >= 15 is 0 Å². The lowest BCUT2D eigenvalue weighted by Gasteiger charge is -2.42. The normalized spacial score (nSPS) is 22.6. The number of halogens is 1. The minimum Gasteiger partial charge on any atom is -0.382 e. The Morgan fingerprint density at radius 3 is 2.44 bits per heavy atom. The van der Waals surface area contributed by atoms with Gasteiger partial charge in [0.2, 0.25) is 5.91 Å². The maximum atomic E-state index is 11.8. The monoisotopic (exact) mass is 276 g/mol. The van der Waals surface area contributed by atoms with Crippen LogP contribution in [0.15, 0.2) is 0 Å². The van der Waals surface area contributed by atoms with Crippen molar-refractivity contribution in [3.05, 3.63) is 0 Å². The smallest absolute Gasteiger partial charge is 0.240 e. The fourth-order valence-electron chi connectivity index (χ4n) is 2.43. The van der Waals surface area contributed by atoms with Gasteiger partial charge >= 0.3 is 0 Å². The largest absolute Gasteiger partial charge is 0.382 e. The second-order valence-corrected chi connectivity index (χ2v) is 5.64. The van der Waals surface area contributed by atoms with Crippen LogP contribution in [0.5, 0.6) is 0 Å². The van der Waals surface area contributed by atoms with Crippen LogP contribution in [-0.4, -0.2) is 31.2 Å². The number of rotatable bonds is 7. The van der Waals surface area contributed by atoms with E-state index in [0.717, 1.165) is 39.0 Å². The van der Waals surface area contributed by atoms with Gasteiger partial charge < -0.3 is 15.8 Å². The summed E-state index contributed by atoms with van der Waals surface area (Å²) in [7, 11) is 0. The molecule has 0 bridgehead atoms. The maximum absolute atomic E-state index is 11.8. The molecule has 3 N–H and O–H groups in total. The molecule has 2 aliphatic rings. The lowest BCUT2D eigenvalue weighted by atomic mass is 9.66. The van der Waals surface area contributed by atoms with Crippen LogP contribution in [0.2, 0.25) is 0 Å². The Kier molecular flexibility index (Phi) is 5.44. The van der Waals surface area contributed by atoms with Crippen molar-refractivity contribution in [3.8, 4) is 0 Å². The number of nitrogens with two attached hydrogens (primary N) is 1. The number of carbonyl (C=O) groups excluding carboxylic acids is 1. The standard InChI is InChI=1S/C13H24N2O2.ClH/c1-2-17-9-8-12(4-3-5-12)10-15-11(16)13(14)6-7-13;/h2-10,14H2,1H3,(H,15,16);1H. The van der Waals surface area contributed by atoms with E-state index in [4.69, 9.17) is 10.5 Å². The summed E-state index contributed by atoms with van der Waals surface area (Å²) in [5, 5.41) is 3.04. The SMILES string of the molecule is CCOCCC1(CNC(=O)C2(N)CC2)CCC1.Cl. The van der Waals surface area contributed by atoms with Crippen LogP contribution < -0.4 is 11.1 Å². The molecule has 0 saturated heterocycles. The summed E-state index contributed by atoms with van der Waals surface area (Å²) in [4.78, 5) is 11.8. The van der Waals surface area contributed by atoms with Gasteiger partial charge in [0.15, 0.2) is 0 Å². The third-order valence-corrected chi connectivity index (χ3v) is 4.26. The number of hydrogen-bond donors (Lipinski definition) is 2. The van der Waals surface area contributed by atoms with E-state index < -0.39 is 5.54 Å². The van der Waals surface area contributed by atoms with Crippen molar-refractivity contribution in [2.24, 2.45) is 11.1 Å². The lowest BCUT2D eigenvalue weighted by molar-refractivity contribution is -0.124. The first-order chi connectivity index (χ1) is 8.10. The summed E-state index contributed by atoms with van der Waals surface area (Å²) >= 11 is 0. The van der Waals surface area contributed by atoms with E-state index in [1.165, 1.54) is 19.3 Å². The minimum absolute atomic E-state index is 0. The predicted octanol–water partition coefficient (Wildman–Crippen LogP) is 1.61. The van der Waals surface area contributed by atoms with Crippen molar-refractivity contribution in [1.82, 2.24) is 5.32 Å². The minimum atomic E-state index is -0.537. The first kappa shape index (κ1) is 15.7. The highest BCUT2D eigenvalue weighted by Gasteiger charge is 2.47. The lowest BCUT2D eigenvalue weighted by Crippen LogP contribution is -2.49. The molecule has 0 aliphatic heterocycles. The quantitative estimate of drug-likeness (QED) is 0.695. The van der Waals surface area contributed by atoms with Crippen LogP contribution in [0.4, 0.5) is 0 Å². The first-order valence-electron chi connectivity index (χ1n) is 6.75. The topological polar surface area (TPSA) is 64.3 Å². The van der Waals surface area contributed by atoms with Crippen LogP contribution >= 0.6 is 12.4 Å². The van der Waals surface area contributed by atoms with Crippen LogP contribution in [0.1, 0.15) is 45.4 Å². The summed E-state index contributed by atoms with van der Waals surface area (Å²) in [5.74, 6) is 0.0418. The molecule has 0 aromatic carbocycles. The van der Waals surface area contributed by atoms with Crippen LogP contribution in [0, 0.1) is 5.41 Å². The van der Waals surface area contributed by atoms with Gasteiger partial charge in [-0.05, 0) is 44.4 Å². The van der Waals surface area contributed by atoms with Crippen molar-refractivity contribution in [2.45, 2.75) is 51.0 Å². The van der Waals surface area contributed by atoms with E-state index in [1.807, 2.05) is 6.92 Å². The fourth-order valence-corrected chi connectivity index (χ4v) is 2.43. The molecule has 0 atom stereocenters. The Morgan fingerprint density at radius 2 is 2.00 bits per heavy atom. The molecule has 0 aromatic rings. The van der Waals surface area contributed by atoms with Crippen molar-refractivity contribution in [3.63, 3.8) is 0 Å². The van der Waals surface area contributed by atoms with Crippen molar-refractivity contribution >= 4 is 18.3 Å². The molecule has 4 nitrogen and oxygen atoms in total. The van der Waals surface area contributed by atoms with Gasteiger partial charge in [0.1, 0.15) is 0 Å². The van der Waals surface area contributed by atoms with Crippen LogP contribution in [0.3, 0.4) is 0 Å². The number of amides is 1. The molecule has 0 unspecified atom stereocenters. The molecule has 5 heteroatoms. The summed E-state index contributed by atoms with van der Waals surface area (Å²) in [6.45, 7) is 4.37. The van der Waals surface area contributed by atoms with Gasteiger partial charge in [-0.3, -0.25) is 4.79 Å². The van der Waals surface area contributed by atoms with E-state index in [0.29, 0.717) is 0 Å². The van der Waals surface area contributed by atoms with Crippen molar-refractivity contribution in [2.75, 3.05) is 19.8 Å². The molecule has 0 aromatic heterocycles. The maximum Gasteiger partial charge on any atom is 0.240 e. The Morgan fingerprint density at radius 1 is 1.33 bits per heavy atom. The van der Waals surface area contributed by atoms with Gasteiger partial charge in [-0.1, -0.05) is 6.42 Å². The van der Waals surface area contributed by atoms with E-state index in [9.17, 15) is 4.79 Å². The Labute approximate surface area is 115 Å². The third-order valence-electron chi connectivity index (χ3n) is 4.26. The predicted molar refractivity (Wildman–Crippen MR) is 73.8 cm³/mol. The molecule has 0 radical (unpaired) electrons. The van der Waals surface area contributed by atoms with Gasteiger partial charge in [-0.2, -0.15) is 0 Å². The van der Waals surface area contributed by atoms with Gasteiger partial charge in [0, 0.05) is 19.8 Å². The summed E-state index contributed by atoms with van der Waals surface area (Å²) in [6.07, 6.45) is 6.42. The molecule has 1 amide bonds. The molecule has 2 saturated carbocycles. The molecule has 106 valence electrons. The molecule has 18 heavy (non-hydrogen) atoms. The highest BCUT2D eigenvalue weighted by atomic mass is 35.5. The van der Waals surface area contributed by atoms with Crippen molar-refractivity contribution in [1.29, 1.82) is 0 Å². The van der Waals surface area contributed by atoms with Crippen LogP contribution in [-0.2, 0) is 9.53 Å². The van der Waals surface area contributed by atoms with E-state index in [1.54, 1.807) is 0 Å². The molecular formula is C13H25ClN2O2. The van der Waals surface area contributed by atoms with Gasteiger partial charge in [-0.15, -0.1) is 12.4 Å². The Balaban J connectivity index is 0.00000162. The number of nitrogens with one attached hydrogen (secondary N) is 1.